The van der Waals surface area contributed by atoms with Crippen LogP contribution in [0.1, 0.15) is 44.4 Å². The standard InChI is InChI=1S/C33H35FN4O4/c1-4-37-28-20-38(27(17-21(2)3)31(39)35-19-22-13-15-24(34)16-14-22)32(40)29(28)30(36-33(37)41)23-9-8-12-26(18-23)42-25-10-6-5-7-11-25/h5-16,18,21,27,30H,4,17,19-20H2,1-3H3,(H,35,39)(H,36,41)/t27-,30-/m1/s1. The normalized spacial score (nSPS) is 17.3. The second-order valence-corrected chi connectivity index (χ2v) is 10.9. The number of amides is 4. The number of hydrogen-bond donors (Lipinski definition) is 2. The Bertz CT molecular complexity index is 1490. The molecule has 42 heavy (non-hydrogen) atoms. The topological polar surface area (TPSA) is 91.0 Å². The predicted molar refractivity (Wildman–Crippen MR) is 157 cm³/mol. The third kappa shape index (κ3) is 6.15. The number of hydrogen-bond acceptors (Lipinski definition) is 4. The number of urea groups is 1. The van der Waals surface area contributed by atoms with E-state index in [1.165, 1.54) is 12.1 Å². The summed E-state index contributed by atoms with van der Waals surface area (Å²) in [5, 5.41) is 5.93. The van der Waals surface area contributed by atoms with Gasteiger partial charge in [-0.05, 0) is 66.8 Å². The lowest BCUT2D eigenvalue weighted by atomic mass is 9.95. The highest BCUT2D eigenvalue weighted by Crippen LogP contribution is 2.38. The van der Waals surface area contributed by atoms with Crippen molar-refractivity contribution in [2.24, 2.45) is 5.92 Å². The highest BCUT2D eigenvalue weighted by Gasteiger charge is 2.46. The zero-order valence-corrected chi connectivity index (χ0v) is 24.0. The van der Waals surface area contributed by atoms with Crippen molar-refractivity contribution in [3.05, 3.63) is 107 Å². The number of benzene rings is 3. The summed E-state index contributed by atoms with van der Waals surface area (Å²) in [5.74, 6) is 0.446. The van der Waals surface area contributed by atoms with Gasteiger partial charge in [-0.25, -0.2) is 9.18 Å². The van der Waals surface area contributed by atoms with E-state index in [1.54, 1.807) is 21.9 Å². The van der Waals surface area contributed by atoms with Crippen molar-refractivity contribution < 1.29 is 23.5 Å². The summed E-state index contributed by atoms with van der Waals surface area (Å²) < 4.78 is 19.4. The van der Waals surface area contributed by atoms with Gasteiger partial charge in [-0.1, -0.05) is 56.3 Å². The number of para-hydroxylation sites is 1. The van der Waals surface area contributed by atoms with Gasteiger partial charge in [-0.3, -0.25) is 14.5 Å². The van der Waals surface area contributed by atoms with E-state index in [1.807, 2.05) is 75.4 Å². The molecule has 5 rings (SSSR count). The lowest BCUT2D eigenvalue weighted by Crippen LogP contribution is -2.49. The van der Waals surface area contributed by atoms with Gasteiger partial charge in [-0.15, -0.1) is 0 Å². The molecule has 0 saturated carbocycles. The van der Waals surface area contributed by atoms with Crippen LogP contribution in [0.2, 0.25) is 0 Å². The minimum Gasteiger partial charge on any atom is -0.457 e. The number of ether oxygens (including phenoxy) is 1. The van der Waals surface area contributed by atoms with E-state index >= 15 is 0 Å². The van der Waals surface area contributed by atoms with E-state index in [0.29, 0.717) is 41.3 Å². The fraction of sp³-hybridized carbons (Fsp3) is 0.303. The fourth-order valence-electron chi connectivity index (χ4n) is 5.46. The lowest BCUT2D eigenvalue weighted by molar-refractivity contribution is -0.137. The first-order valence-electron chi connectivity index (χ1n) is 14.2. The van der Waals surface area contributed by atoms with Gasteiger partial charge in [0.05, 0.1) is 23.9 Å². The van der Waals surface area contributed by atoms with Crippen molar-refractivity contribution in [1.82, 2.24) is 20.4 Å². The molecular formula is C33H35FN4O4. The highest BCUT2D eigenvalue weighted by atomic mass is 19.1. The van der Waals surface area contributed by atoms with Crippen LogP contribution in [0, 0.1) is 11.7 Å². The van der Waals surface area contributed by atoms with Crippen LogP contribution in [0.5, 0.6) is 11.5 Å². The Balaban J connectivity index is 1.42. The largest absolute Gasteiger partial charge is 0.457 e. The van der Waals surface area contributed by atoms with Gasteiger partial charge in [-0.2, -0.15) is 0 Å². The van der Waals surface area contributed by atoms with E-state index in [4.69, 9.17) is 4.74 Å². The van der Waals surface area contributed by atoms with Crippen molar-refractivity contribution >= 4 is 17.8 Å². The van der Waals surface area contributed by atoms with Gasteiger partial charge in [0.25, 0.3) is 5.91 Å². The average molecular weight is 571 g/mol. The molecule has 4 amide bonds. The van der Waals surface area contributed by atoms with E-state index < -0.39 is 12.1 Å². The molecule has 0 unspecified atom stereocenters. The van der Waals surface area contributed by atoms with E-state index in [9.17, 15) is 18.8 Å². The number of likely N-dealkylation sites (N-methyl/N-ethyl adjacent to an activating group) is 1. The van der Waals surface area contributed by atoms with Crippen LogP contribution in [0.15, 0.2) is 90.1 Å². The summed E-state index contributed by atoms with van der Waals surface area (Å²) in [6.07, 6.45) is 0.445. The summed E-state index contributed by atoms with van der Waals surface area (Å²) in [6, 6.07) is 20.9. The van der Waals surface area contributed by atoms with Crippen molar-refractivity contribution in [1.29, 1.82) is 0 Å². The quantitative estimate of drug-likeness (QED) is 0.335. The highest BCUT2D eigenvalue weighted by molar-refractivity contribution is 6.03. The van der Waals surface area contributed by atoms with Gasteiger partial charge in [0.1, 0.15) is 23.4 Å². The molecular weight excluding hydrogens is 535 g/mol. The van der Waals surface area contributed by atoms with Crippen LogP contribution in [-0.2, 0) is 16.1 Å². The molecule has 2 atom stereocenters. The van der Waals surface area contributed by atoms with Crippen molar-refractivity contribution in [3.8, 4) is 11.5 Å². The summed E-state index contributed by atoms with van der Waals surface area (Å²) in [4.78, 5) is 44.0. The Labute approximate surface area is 245 Å². The van der Waals surface area contributed by atoms with Gasteiger partial charge < -0.3 is 20.3 Å². The van der Waals surface area contributed by atoms with Crippen LogP contribution >= 0.6 is 0 Å². The molecule has 8 nitrogen and oxygen atoms in total. The Morgan fingerprint density at radius 3 is 2.43 bits per heavy atom. The average Bonchev–Trinajstić information content (AvgIpc) is 3.32. The van der Waals surface area contributed by atoms with Gasteiger partial charge in [0.15, 0.2) is 0 Å². The Kier molecular flexibility index (Phi) is 8.56. The third-order valence-corrected chi connectivity index (χ3v) is 7.49. The smallest absolute Gasteiger partial charge is 0.322 e. The molecule has 0 aromatic heterocycles. The lowest BCUT2D eigenvalue weighted by Gasteiger charge is -2.33. The molecule has 0 fully saturated rings. The van der Waals surface area contributed by atoms with Crippen LogP contribution in [-0.4, -0.2) is 46.8 Å². The molecule has 0 aliphatic carbocycles. The van der Waals surface area contributed by atoms with Crippen LogP contribution in [0.25, 0.3) is 0 Å². The number of carbonyl (C=O) groups is 3. The zero-order valence-electron chi connectivity index (χ0n) is 24.0. The Morgan fingerprint density at radius 1 is 1.02 bits per heavy atom. The molecule has 3 aromatic carbocycles. The van der Waals surface area contributed by atoms with Crippen molar-refractivity contribution in [2.45, 2.75) is 45.8 Å². The molecule has 2 aliphatic heterocycles. The van der Waals surface area contributed by atoms with Crippen molar-refractivity contribution in [3.63, 3.8) is 0 Å². The monoisotopic (exact) mass is 570 g/mol. The maximum atomic E-state index is 14.1. The molecule has 2 aliphatic rings. The molecule has 0 radical (unpaired) electrons. The van der Waals surface area contributed by atoms with E-state index in [0.717, 1.165) is 5.56 Å². The number of rotatable bonds is 10. The summed E-state index contributed by atoms with van der Waals surface area (Å²) in [6.45, 7) is 6.58. The van der Waals surface area contributed by atoms with E-state index in [-0.39, 0.29) is 42.7 Å². The predicted octanol–water partition coefficient (Wildman–Crippen LogP) is 5.53. The number of halogens is 1. The molecule has 2 heterocycles. The molecule has 3 aromatic rings. The third-order valence-electron chi connectivity index (χ3n) is 7.49. The van der Waals surface area contributed by atoms with Gasteiger partial charge in [0, 0.05) is 13.1 Å². The maximum absolute atomic E-state index is 14.1. The minimum absolute atomic E-state index is 0.127. The van der Waals surface area contributed by atoms with Gasteiger partial charge >= 0.3 is 6.03 Å². The molecule has 9 heteroatoms. The van der Waals surface area contributed by atoms with Crippen LogP contribution < -0.4 is 15.4 Å². The summed E-state index contributed by atoms with van der Waals surface area (Å²) in [7, 11) is 0. The minimum atomic E-state index is -0.745. The maximum Gasteiger partial charge on any atom is 0.322 e. The first-order chi connectivity index (χ1) is 20.2. The first kappa shape index (κ1) is 28.9. The van der Waals surface area contributed by atoms with Gasteiger partial charge in [0.2, 0.25) is 5.91 Å². The van der Waals surface area contributed by atoms with Crippen LogP contribution in [0.4, 0.5) is 9.18 Å². The zero-order chi connectivity index (χ0) is 29.8. The molecule has 0 spiro atoms. The summed E-state index contributed by atoms with van der Waals surface area (Å²) in [5.41, 5.74) is 2.51. The second kappa shape index (κ2) is 12.5. The molecule has 0 saturated heterocycles. The molecule has 218 valence electrons. The summed E-state index contributed by atoms with van der Waals surface area (Å²) >= 11 is 0. The number of nitrogens with zero attached hydrogens (tertiary/aromatic N) is 2. The molecule has 2 N–H and O–H groups in total. The fourth-order valence-corrected chi connectivity index (χ4v) is 5.46. The van der Waals surface area contributed by atoms with Crippen LogP contribution in [0.3, 0.4) is 0 Å². The second-order valence-electron chi connectivity index (χ2n) is 10.9. The SMILES string of the molecule is CCN1C(=O)N[C@H](c2cccc(Oc3ccccc3)c2)C2=C1CN([C@H](CC(C)C)C(=O)NCc1ccc(F)cc1)C2=O. The van der Waals surface area contributed by atoms with E-state index in [2.05, 4.69) is 10.6 Å². The first-order valence-corrected chi connectivity index (χ1v) is 14.2. The Hall–Kier alpha value is -4.66. The molecule has 0 bridgehead atoms. The van der Waals surface area contributed by atoms with Crippen molar-refractivity contribution in [2.75, 3.05) is 13.1 Å². The number of carbonyl (C=O) groups excluding carboxylic acids is 3. The Morgan fingerprint density at radius 2 is 1.74 bits per heavy atom. The number of nitrogens with one attached hydrogen (secondary N) is 2.